The number of unbranched alkanes of at least 4 members (excludes halogenated alkanes) is 6. The third-order valence-corrected chi connectivity index (χ3v) is 25.1. The third kappa shape index (κ3) is 19.2. The Morgan fingerprint density at radius 3 is 1.46 bits per heavy atom. The summed E-state index contributed by atoms with van der Waals surface area (Å²) in [5.41, 5.74) is 13.1. The van der Waals surface area contributed by atoms with Crippen LogP contribution in [0.15, 0.2) is 206 Å². The van der Waals surface area contributed by atoms with E-state index in [4.69, 9.17) is 102 Å². The minimum atomic E-state index is -1.26. The Morgan fingerprint density at radius 1 is 0.435 bits per heavy atom. The smallest absolute Gasteiger partial charge is 0.337 e. The van der Waals surface area contributed by atoms with E-state index in [0.29, 0.717) is 190 Å². The lowest BCUT2D eigenvalue weighted by molar-refractivity contribution is 0.0697. The van der Waals surface area contributed by atoms with E-state index in [0.717, 1.165) is 66.2 Å². The first-order valence-electron chi connectivity index (χ1n) is 45.3. The number of aryl methyl sites for hydroxylation is 2. The number of fused-ring (bicyclic) bond motifs is 7. The number of carboxylic acids is 1. The number of para-hydroxylation sites is 1. The molecule has 29 heteroatoms. The minimum absolute atomic E-state index is 0.0129. The Kier molecular flexibility index (Phi) is 27.5. The average Bonchev–Trinajstić information content (AvgIpc) is 0.721. The number of ketones is 3. The van der Waals surface area contributed by atoms with Crippen molar-refractivity contribution in [1.82, 2.24) is 35.2 Å². The number of rotatable bonds is 26. The normalized spacial score (nSPS) is 12.0. The molecule has 0 saturated carbocycles. The van der Waals surface area contributed by atoms with Crippen molar-refractivity contribution in [2.75, 3.05) is 46.8 Å². The molecule has 698 valence electrons. The molecule has 19 rings (SSSR count). The molecule has 13 aromatic carbocycles. The molecule has 0 atom stereocenters. The van der Waals surface area contributed by atoms with E-state index < -0.39 is 17.6 Å². The minimum Gasteiger partial charge on any atom is -0.507 e. The van der Waals surface area contributed by atoms with Gasteiger partial charge in [0.25, 0.3) is 0 Å². The summed E-state index contributed by atoms with van der Waals surface area (Å²) in [5.74, 6) is 0.268. The number of phenols is 3. The second-order valence-electron chi connectivity index (χ2n) is 35.1. The van der Waals surface area contributed by atoms with Gasteiger partial charge >= 0.3 is 12.0 Å². The van der Waals surface area contributed by atoms with Crippen molar-refractivity contribution >= 4 is 176 Å². The molecule has 10 N–H and O–H groups in total. The van der Waals surface area contributed by atoms with Crippen LogP contribution in [0.25, 0.3) is 111 Å². The molecule has 3 heterocycles. The fraction of sp³-hybridized carbons (Fsp3) is 0.202. The molecular weight excluding hydrogens is 1850 g/mol. The van der Waals surface area contributed by atoms with Crippen molar-refractivity contribution in [3.05, 3.63) is 281 Å². The highest BCUT2D eigenvalue weighted by Crippen LogP contribution is 2.53. The fourth-order valence-corrected chi connectivity index (χ4v) is 18.6. The maximum atomic E-state index is 14.4. The second kappa shape index (κ2) is 39.9. The summed E-state index contributed by atoms with van der Waals surface area (Å²) in [7, 11) is 1.52. The number of urea groups is 1. The van der Waals surface area contributed by atoms with Gasteiger partial charge in [-0.15, -0.1) is 0 Å². The van der Waals surface area contributed by atoms with Crippen molar-refractivity contribution in [2.24, 2.45) is 0 Å². The summed E-state index contributed by atoms with van der Waals surface area (Å²) in [6.07, 6.45) is 8.42. The molecule has 0 aliphatic heterocycles. The highest BCUT2D eigenvalue weighted by atomic mass is 35.5. The number of hydrogen-bond donors (Lipinski definition) is 10. The summed E-state index contributed by atoms with van der Waals surface area (Å²) in [4.78, 5) is 97.1. The average molecular weight is 1940 g/mol. The van der Waals surface area contributed by atoms with Gasteiger partial charge in [0.05, 0.1) is 118 Å². The number of aromatic carboxylic acids is 1. The zero-order valence-electron chi connectivity index (χ0n) is 76.9. The van der Waals surface area contributed by atoms with Crippen LogP contribution in [-0.4, -0.2) is 112 Å². The summed E-state index contributed by atoms with van der Waals surface area (Å²) in [5, 5.41) is 66.0. The topological polar surface area (TPSA) is 343 Å². The summed E-state index contributed by atoms with van der Waals surface area (Å²) >= 11 is 32.6. The van der Waals surface area contributed by atoms with Crippen LogP contribution in [0.4, 0.5) is 50.3 Å². The van der Waals surface area contributed by atoms with E-state index in [-0.39, 0.29) is 79.1 Å². The molecule has 3 aliphatic rings. The number of anilines is 8. The molecule has 3 aromatic heterocycles. The number of hydrogen-bond acceptors (Lipinski definition) is 21. The van der Waals surface area contributed by atoms with Crippen LogP contribution in [-0.2, 0) is 0 Å². The van der Waals surface area contributed by atoms with Crippen molar-refractivity contribution in [3.8, 4) is 102 Å². The van der Waals surface area contributed by atoms with Crippen molar-refractivity contribution in [3.63, 3.8) is 0 Å². The van der Waals surface area contributed by atoms with E-state index in [2.05, 4.69) is 45.7 Å². The van der Waals surface area contributed by atoms with Gasteiger partial charge < -0.3 is 66.5 Å². The van der Waals surface area contributed by atoms with Crippen LogP contribution >= 0.6 is 58.0 Å². The van der Waals surface area contributed by atoms with E-state index in [1.807, 2.05) is 164 Å². The maximum absolute atomic E-state index is 14.4. The molecule has 3 aliphatic carbocycles. The fourth-order valence-electron chi connectivity index (χ4n) is 17.3. The number of benzene rings is 13. The number of aromatic nitrogens is 6. The van der Waals surface area contributed by atoms with E-state index in [9.17, 15) is 44.4 Å². The third-order valence-electron chi connectivity index (χ3n) is 23.7. The molecule has 2 amide bonds. The van der Waals surface area contributed by atoms with Crippen LogP contribution in [0.1, 0.15) is 169 Å². The number of carboxylic acid groups (broad SMARTS) is 1. The number of nitrogens with zero attached hydrogens (tertiary/aromatic N) is 6. The molecule has 0 spiro atoms. The van der Waals surface area contributed by atoms with Crippen LogP contribution in [0.2, 0.25) is 25.1 Å². The Morgan fingerprint density at radius 2 is 0.920 bits per heavy atom. The largest absolute Gasteiger partial charge is 0.507 e. The van der Waals surface area contributed by atoms with Gasteiger partial charge in [0, 0.05) is 103 Å². The highest BCUT2D eigenvalue weighted by molar-refractivity contribution is 6.41. The zero-order valence-corrected chi connectivity index (χ0v) is 80.7. The van der Waals surface area contributed by atoms with Crippen LogP contribution in [0.3, 0.4) is 0 Å². The van der Waals surface area contributed by atoms with Crippen LogP contribution in [0.5, 0.6) is 34.5 Å². The van der Waals surface area contributed by atoms with E-state index in [1.54, 1.807) is 72.8 Å². The van der Waals surface area contributed by atoms with Gasteiger partial charge in [-0.25, -0.2) is 39.5 Å². The van der Waals surface area contributed by atoms with Gasteiger partial charge in [-0.05, 0) is 156 Å². The first-order valence-corrected chi connectivity index (χ1v) is 47.2. The second-order valence-corrected chi connectivity index (χ2v) is 37.2. The van der Waals surface area contributed by atoms with Crippen LogP contribution < -0.4 is 46.1 Å². The highest BCUT2D eigenvalue weighted by Gasteiger charge is 2.38. The van der Waals surface area contributed by atoms with Gasteiger partial charge in [-0.1, -0.05) is 226 Å². The number of carbonyl (C=O) groups excluding carboxylic acids is 4. The summed E-state index contributed by atoms with van der Waals surface area (Å²) in [6.45, 7) is 18.9. The predicted octanol–water partition coefficient (Wildman–Crippen LogP) is 28.3. The van der Waals surface area contributed by atoms with E-state index >= 15 is 0 Å². The van der Waals surface area contributed by atoms with E-state index in [1.165, 1.54) is 44.5 Å². The first kappa shape index (κ1) is 95.1. The molecule has 0 bridgehead atoms. The molecule has 0 radical (unpaired) electrons. The lowest BCUT2D eigenvalue weighted by Crippen LogP contribution is -2.25. The molecule has 0 fully saturated rings. The number of aromatic hydroxyl groups is 3. The number of amides is 2. The molecule has 0 unspecified atom stereocenters. The molecular formula is C109H95Cl5N12O12. The molecule has 24 nitrogen and oxygen atoms in total. The number of phenolic OH excluding ortho intramolecular Hbond substituents is 3. The van der Waals surface area contributed by atoms with Crippen molar-refractivity contribution < 1.29 is 58.6 Å². The monoisotopic (exact) mass is 1940 g/mol. The number of carbonyl (C=O) groups is 5. The number of halogens is 5. The zero-order chi connectivity index (χ0) is 97.4. The number of nitrogens with one attached hydrogen (secondary N) is 6. The lowest BCUT2D eigenvalue weighted by atomic mass is 9.85. The summed E-state index contributed by atoms with van der Waals surface area (Å²) < 4.78 is 19.2. The lowest BCUT2D eigenvalue weighted by Gasteiger charge is -2.27. The summed E-state index contributed by atoms with van der Waals surface area (Å²) in [6, 6.07) is 59.8. The Bertz CT molecular complexity index is 7640. The molecule has 16 aromatic rings. The standard InChI is InChI=1S/C39H39Cl3N4O3.C36H29N3O4.C34H27Cl2N5O5/c1-3-5-7-8-9-12-18-49-32-22-30(44-36-28(41)20-24(21-29(36)42)43-17-6-4-2)33-34-35(25-13-10-11-14-26(25)38(33)48)45-39(46-37(32)34)27-19-23(40)15-16-31(27)47;1-19-10-9-15-26(40)31(19)37-25-18-28(43-36(2,3)4)33-30-29(25)34(42)23-14-8-7-13-22(23)32(30)38-35(39-33)24-16-20-11-5-6-12-21(20)17-27(24)41;1-15(2)46-25-14-24(38-28-21(33(43)44)12-17(35)13-22(28)36)26-27-29(18-7-5-6-8-19(18)31(26)42)40-32(41-30(25)27)20-10-9-16(3)11-23(20)39-34(45)37-4/h10-11,13-16,19-22,43-44,47H,3-9,12,17-18H2,1-2H3;5-18,37,40-41H,1-4H3;5-15,38H,1-4H3,(H,43,44)(H2,37,39,45). The Labute approximate surface area is 820 Å². The van der Waals surface area contributed by atoms with Gasteiger partial charge in [-0.3, -0.25) is 14.4 Å². The van der Waals surface area contributed by atoms with Gasteiger partial charge in [-0.2, -0.15) is 0 Å². The molecule has 138 heavy (non-hydrogen) atoms. The maximum Gasteiger partial charge on any atom is 0.337 e. The van der Waals surface area contributed by atoms with Gasteiger partial charge in [0.1, 0.15) is 56.6 Å². The van der Waals surface area contributed by atoms with Gasteiger partial charge in [0.2, 0.25) is 0 Å². The van der Waals surface area contributed by atoms with Gasteiger partial charge in [0.15, 0.2) is 34.8 Å². The van der Waals surface area contributed by atoms with Crippen molar-refractivity contribution in [2.45, 2.75) is 125 Å². The first-order chi connectivity index (χ1) is 66.3. The quantitative estimate of drug-likeness (QED) is 0.0178. The Balaban J connectivity index is 0.000000143. The van der Waals surface area contributed by atoms with Crippen LogP contribution in [0, 0.1) is 13.8 Å². The Hall–Kier alpha value is -14.7. The molecule has 0 saturated heterocycles. The van der Waals surface area contributed by atoms with Crippen molar-refractivity contribution in [1.29, 1.82) is 0 Å². The predicted molar refractivity (Wildman–Crippen MR) is 551 cm³/mol. The number of ether oxygens (including phenoxy) is 3. The SMILES string of the molecule is CCCCCCCCOc1cc(Nc2c(Cl)cc(NCCCC)cc2Cl)c2c3c(nc(-c4cc(Cl)ccc4O)nc13)-c1ccccc1C2=O.CNC(=O)Nc1cc(C)ccc1-c1nc2c3c(c(Nc4c(Cl)cc(Cl)cc4C(=O)O)cc(OC(C)C)c3n1)C(=O)c1ccccc1-2.Cc1cccc(O)c1Nc1cc(OC(C)(C)C)c2nc(-c3cc4ccccc4cc3O)nc3c2c1C(=O)c1ccccc1-3.